The van der Waals surface area contributed by atoms with E-state index in [-0.39, 0.29) is 0 Å². The number of benzene rings is 2. The van der Waals surface area contributed by atoms with Crippen molar-refractivity contribution >= 4 is 44.7 Å². The maximum absolute atomic E-state index is 9.10. The monoisotopic (exact) mass is 479 g/mol. The van der Waals surface area contributed by atoms with Gasteiger partial charge in [-0.25, -0.2) is 14.6 Å². The molecule has 0 radical (unpaired) electrons. The lowest BCUT2D eigenvalue weighted by molar-refractivity contribution is -0.159. The molecule has 3 heterocycles. The van der Waals surface area contributed by atoms with Gasteiger partial charge in [0.15, 0.2) is 5.13 Å². The molecule has 0 amide bonds. The summed E-state index contributed by atoms with van der Waals surface area (Å²) in [6.45, 7) is 1.07. The van der Waals surface area contributed by atoms with Crippen molar-refractivity contribution in [3.63, 3.8) is 0 Å². The molecule has 2 aliphatic rings. The number of carbonyl (C=O) groups is 2. The molecule has 2 bridgehead atoms. The van der Waals surface area contributed by atoms with Crippen molar-refractivity contribution in [3.8, 4) is 0 Å². The normalized spacial score (nSPS) is 21.9. The van der Waals surface area contributed by atoms with Gasteiger partial charge in [0.1, 0.15) is 0 Å². The Kier molecular flexibility index (Phi) is 7.59. The minimum absolute atomic E-state index is 0.604. The number of anilines is 1. The van der Waals surface area contributed by atoms with Gasteiger partial charge in [-0.1, -0.05) is 66.0 Å². The van der Waals surface area contributed by atoms with E-state index in [1.54, 1.807) is 0 Å². The van der Waals surface area contributed by atoms with Crippen LogP contribution < -0.4 is 4.90 Å². The largest absolute Gasteiger partial charge is 0.473 e. The quantitative estimate of drug-likeness (QED) is 0.517. The summed E-state index contributed by atoms with van der Waals surface area (Å²) in [5, 5.41) is 16.0. The van der Waals surface area contributed by atoms with Crippen molar-refractivity contribution in [2.75, 3.05) is 18.5 Å². The van der Waals surface area contributed by atoms with Crippen molar-refractivity contribution in [3.05, 3.63) is 66.2 Å². The summed E-state index contributed by atoms with van der Waals surface area (Å²) < 4.78 is 1.29. The number of fused-ring (bicyclic) bond motifs is 3. The SMILES string of the molecule is CN(c1nc2ccccc2s1)C1CC2CCC(C1)N2CC=Cc1ccccc1.O=C(O)C(=O)O. The fraction of sp³-hybridized carbons (Fsp3) is 0.346. The second kappa shape index (κ2) is 10.8. The molecule has 2 fully saturated rings. The summed E-state index contributed by atoms with van der Waals surface area (Å²) in [4.78, 5) is 28.3. The maximum atomic E-state index is 9.10. The van der Waals surface area contributed by atoms with Crippen LogP contribution in [0.4, 0.5) is 5.13 Å². The second-order valence-electron chi connectivity index (χ2n) is 8.71. The van der Waals surface area contributed by atoms with Crippen LogP contribution in [0.3, 0.4) is 0 Å². The van der Waals surface area contributed by atoms with Crippen LogP contribution in [0, 0.1) is 0 Å². The highest BCUT2D eigenvalue weighted by molar-refractivity contribution is 7.22. The van der Waals surface area contributed by atoms with Crippen molar-refractivity contribution in [2.45, 2.75) is 43.8 Å². The first kappa shape index (κ1) is 23.9. The summed E-state index contributed by atoms with van der Waals surface area (Å²) in [5.41, 5.74) is 2.42. The maximum Gasteiger partial charge on any atom is 0.414 e. The van der Waals surface area contributed by atoms with Gasteiger partial charge in [-0.3, -0.25) is 4.90 Å². The number of para-hydroxylation sites is 1. The zero-order valence-electron chi connectivity index (χ0n) is 19.1. The van der Waals surface area contributed by atoms with E-state index >= 15 is 0 Å². The molecule has 7 nitrogen and oxygen atoms in total. The van der Waals surface area contributed by atoms with E-state index in [1.165, 1.54) is 41.1 Å². The van der Waals surface area contributed by atoms with Gasteiger partial charge in [0.2, 0.25) is 0 Å². The van der Waals surface area contributed by atoms with Crippen molar-refractivity contribution in [2.24, 2.45) is 0 Å². The molecule has 2 N–H and O–H groups in total. The number of hydrogen-bond donors (Lipinski definition) is 2. The Labute approximate surface area is 203 Å². The van der Waals surface area contributed by atoms with E-state index in [9.17, 15) is 0 Å². The number of aromatic nitrogens is 1. The molecule has 5 rings (SSSR count). The molecule has 0 aliphatic carbocycles. The zero-order valence-corrected chi connectivity index (χ0v) is 19.9. The van der Waals surface area contributed by atoms with Crippen LogP contribution in [0.5, 0.6) is 0 Å². The molecule has 1 aromatic heterocycles. The summed E-state index contributed by atoms with van der Waals surface area (Å²) in [6, 6.07) is 21.1. The summed E-state index contributed by atoms with van der Waals surface area (Å²) >= 11 is 1.82. The van der Waals surface area contributed by atoms with Crippen molar-refractivity contribution < 1.29 is 19.8 Å². The van der Waals surface area contributed by atoms with E-state index in [2.05, 4.69) is 83.6 Å². The highest BCUT2D eigenvalue weighted by atomic mass is 32.1. The van der Waals surface area contributed by atoms with E-state index in [1.807, 2.05) is 11.3 Å². The molecule has 0 spiro atoms. The van der Waals surface area contributed by atoms with E-state index < -0.39 is 11.9 Å². The first-order chi connectivity index (χ1) is 16.4. The Morgan fingerprint density at radius 1 is 1.03 bits per heavy atom. The molecule has 178 valence electrons. The topological polar surface area (TPSA) is 94.0 Å². The number of piperidine rings is 1. The minimum atomic E-state index is -1.82. The van der Waals surface area contributed by atoms with Crippen LogP contribution in [0.2, 0.25) is 0 Å². The lowest BCUT2D eigenvalue weighted by atomic mass is 9.96. The summed E-state index contributed by atoms with van der Waals surface area (Å²) in [5.74, 6) is -3.65. The Balaban J connectivity index is 0.000000408. The van der Waals surface area contributed by atoms with Crippen LogP contribution in [-0.4, -0.2) is 63.8 Å². The van der Waals surface area contributed by atoms with Gasteiger partial charge in [-0.2, -0.15) is 0 Å². The first-order valence-corrected chi connectivity index (χ1v) is 12.3. The van der Waals surface area contributed by atoms with E-state index in [0.717, 1.165) is 12.1 Å². The van der Waals surface area contributed by atoms with Gasteiger partial charge in [0.05, 0.1) is 10.2 Å². The van der Waals surface area contributed by atoms with Crippen LogP contribution >= 0.6 is 11.3 Å². The summed E-state index contributed by atoms with van der Waals surface area (Å²) in [6.07, 6.45) is 9.79. The molecule has 8 heteroatoms. The number of carboxylic acids is 2. The van der Waals surface area contributed by atoms with Crippen molar-refractivity contribution in [1.82, 2.24) is 9.88 Å². The third-order valence-electron chi connectivity index (χ3n) is 6.60. The Hall–Kier alpha value is -3.23. The molecular formula is C26H29N3O4S. The minimum Gasteiger partial charge on any atom is -0.473 e. The molecule has 2 unspecified atom stereocenters. The molecule has 0 saturated carbocycles. The van der Waals surface area contributed by atoms with Gasteiger partial charge >= 0.3 is 11.9 Å². The van der Waals surface area contributed by atoms with E-state index in [4.69, 9.17) is 24.8 Å². The smallest absolute Gasteiger partial charge is 0.414 e. The zero-order chi connectivity index (χ0) is 24.1. The predicted molar refractivity (Wildman–Crippen MR) is 135 cm³/mol. The van der Waals surface area contributed by atoms with Crippen molar-refractivity contribution in [1.29, 1.82) is 0 Å². The number of carboxylic acid groups (broad SMARTS) is 2. The van der Waals surface area contributed by atoms with Gasteiger partial charge < -0.3 is 15.1 Å². The Morgan fingerprint density at radius 3 is 2.26 bits per heavy atom. The van der Waals surface area contributed by atoms with Gasteiger partial charge in [0, 0.05) is 31.7 Å². The number of aliphatic carboxylic acids is 2. The summed E-state index contributed by atoms with van der Waals surface area (Å²) in [7, 11) is 2.24. The van der Waals surface area contributed by atoms with Crippen LogP contribution in [0.1, 0.15) is 31.2 Å². The molecule has 2 aliphatic heterocycles. The molecular weight excluding hydrogens is 450 g/mol. The molecule has 2 aromatic carbocycles. The number of thiazole rings is 1. The molecule has 2 saturated heterocycles. The number of nitrogens with zero attached hydrogens (tertiary/aromatic N) is 3. The molecule has 2 atom stereocenters. The number of rotatable bonds is 5. The lowest BCUT2D eigenvalue weighted by Gasteiger charge is -2.41. The van der Waals surface area contributed by atoms with Gasteiger partial charge in [0.25, 0.3) is 0 Å². The van der Waals surface area contributed by atoms with Gasteiger partial charge in [-0.05, 0) is 43.4 Å². The fourth-order valence-corrected chi connectivity index (χ4v) is 5.90. The predicted octanol–water partition coefficient (Wildman–Crippen LogP) is 4.60. The Morgan fingerprint density at radius 2 is 1.65 bits per heavy atom. The van der Waals surface area contributed by atoms with Crippen LogP contribution in [0.15, 0.2) is 60.7 Å². The lowest BCUT2D eigenvalue weighted by Crippen LogP contribution is -2.49. The van der Waals surface area contributed by atoms with Crippen LogP contribution in [0.25, 0.3) is 16.3 Å². The first-order valence-electron chi connectivity index (χ1n) is 11.4. The standard InChI is InChI=1S/C24H27N3S.C2H2O4/c1-26(24-25-22-11-5-6-12-23(22)28-24)21-16-19-13-14-20(17-21)27(19)15-7-10-18-8-3-2-4-9-18;3-1(4)2(5)6/h2-12,19-21H,13-17H2,1H3;(H,3,4)(H,5,6). The molecule has 34 heavy (non-hydrogen) atoms. The second-order valence-corrected chi connectivity index (χ2v) is 9.71. The average molecular weight is 480 g/mol. The van der Waals surface area contributed by atoms with E-state index in [0.29, 0.717) is 18.1 Å². The highest BCUT2D eigenvalue weighted by Crippen LogP contribution is 2.39. The van der Waals surface area contributed by atoms with Crippen LogP contribution in [-0.2, 0) is 9.59 Å². The highest BCUT2D eigenvalue weighted by Gasteiger charge is 2.41. The fourth-order valence-electron chi connectivity index (χ4n) is 4.90. The third-order valence-corrected chi connectivity index (χ3v) is 7.73. The van der Waals surface area contributed by atoms with Gasteiger partial charge in [-0.15, -0.1) is 0 Å². The Bertz CT molecular complexity index is 1100. The number of hydrogen-bond acceptors (Lipinski definition) is 6. The average Bonchev–Trinajstić information content (AvgIpc) is 3.37. The third kappa shape index (κ3) is 5.63. The molecule has 3 aromatic rings.